The number of morpholine rings is 1. The third-order valence-electron chi connectivity index (χ3n) is 3.61. The van der Waals surface area contributed by atoms with Gasteiger partial charge in [0.05, 0.1) is 19.8 Å². The van der Waals surface area contributed by atoms with Crippen molar-refractivity contribution in [3.05, 3.63) is 17.5 Å². The van der Waals surface area contributed by atoms with Crippen LogP contribution in [0.3, 0.4) is 0 Å². The van der Waals surface area contributed by atoms with E-state index in [-0.39, 0.29) is 18.0 Å². The van der Waals surface area contributed by atoms with Gasteiger partial charge >= 0.3 is 0 Å². The molecule has 1 amide bonds. The van der Waals surface area contributed by atoms with Gasteiger partial charge in [-0.05, 0) is 27.7 Å². The summed E-state index contributed by atoms with van der Waals surface area (Å²) in [7, 11) is 0. The Labute approximate surface area is 126 Å². The molecule has 21 heavy (non-hydrogen) atoms. The fourth-order valence-electron chi connectivity index (χ4n) is 2.67. The Morgan fingerprint density at radius 1 is 1.29 bits per heavy atom. The van der Waals surface area contributed by atoms with E-state index < -0.39 is 0 Å². The number of hydrogen-bond donors (Lipinski definition) is 0. The van der Waals surface area contributed by atoms with Crippen LogP contribution >= 0.6 is 0 Å². The average Bonchev–Trinajstić information content (AvgIpc) is 2.87. The first-order valence-corrected chi connectivity index (χ1v) is 7.57. The van der Waals surface area contributed by atoms with Crippen molar-refractivity contribution in [3.8, 4) is 0 Å². The fraction of sp³-hybridized carbons (Fsp3) is 0.733. The van der Waals surface area contributed by atoms with Gasteiger partial charge in [-0.1, -0.05) is 5.16 Å². The topological polar surface area (TPSA) is 58.8 Å². The predicted molar refractivity (Wildman–Crippen MR) is 79.0 cm³/mol. The summed E-state index contributed by atoms with van der Waals surface area (Å²) in [6.07, 6.45) is 0. The average molecular weight is 295 g/mol. The molecule has 0 spiro atoms. The maximum Gasteiger partial charge on any atom is 0.276 e. The largest absolute Gasteiger partial charge is 0.379 e. The molecule has 0 N–H and O–H groups in total. The molecule has 1 saturated heterocycles. The predicted octanol–water partition coefficient (Wildman–Crippen LogP) is 1.77. The van der Waals surface area contributed by atoms with Crippen LogP contribution in [0.15, 0.2) is 10.6 Å². The summed E-state index contributed by atoms with van der Waals surface area (Å²) in [5, 5.41) is 3.94. The Kier molecular flexibility index (Phi) is 5.36. The molecule has 0 aliphatic carbocycles. The molecule has 1 fully saturated rings. The highest BCUT2D eigenvalue weighted by atomic mass is 16.5. The van der Waals surface area contributed by atoms with Crippen molar-refractivity contribution in [1.29, 1.82) is 0 Å². The third-order valence-corrected chi connectivity index (χ3v) is 3.61. The summed E-state index contributed by atoms with van der Waals surface area (Å²) >= 11 is 0. The highest BCUT2D eigenvalue weighted by Crippen LogP contribution is 2.14. The van der Waals surface area contributed by atoms with Gasteiger partial charge in [-0.2, -0.15) is 0 Å². The second-order valence-electron chi connectivity index (χ2n) is 5.97. The van der Waals surface area contributed by atoms with Gasteiger partial charge in [-0.25, -0.2) is 0 Å². The molecule has 0 bridgehead atoms. The summed E-state index contributed by atoms with van der Waals surface area (Å²) in [5.74, 6) is 0.657. The summed E-state index contributed by atoms with van der Waals surface area (Å²) in [6, 6.07) is 2.03. The molecule has 6 heteroatoms. The number of hydrogen-bond acceptors (Lipinski definition) is 5. The molecule has 2 heterocycles. The lowest BCUT2D eigenvalue weighted by molar-refractivity contribution is 0.0305. The highest BCUT2D eigenvalue weighted by molar-refractivity contribution is 5.92. The lowest BCUT2D eigenvalue weighted by Gasteiger charge is -2.29. The molecule has 0 aromatic carbocycles. The molecule has 118 valence electrons. The molecule has 0 atom stereocenters. The number of carbonyl (C=O) groups is 1. The number of carbonyl (C=O) groups excluding carboxylic acids is 1. The molecule has 1 aromatic heterocycles. The zero-order chi connectivity index (χ0) is 15.4. The second kappa shape index (κ2) is 7.04. The fourth-order valence-corrected chi connectivity index (χ4v) is 2.67. The van der Waals surface area contributed by atoms with Gasteiger partial charge in [-0.3, -0.25) is 9.69 Å². The zero-order valence-corrected chi connectivity index (χ0v) is 13.3. The minimum Gasteiger partial charge on any atom is -0.379 e. The first-order chi connectivity index (χ1) is 9.99. The van der Waals surface area contributed by atoms with Gasteiger partial charge in [0.15, 0.2) is 11.5 Å². The Balaban J connectivity index is 2.02. The van der Waals surface area contributed by atoms with E-state index in [2.05, 4.69) is 10.1 Å². The van der Waals surface area contributed by atoms with E-state index in [1.807, 2.05) is 32.6 Å². The number of nitrogens with zero attached hydrogens (tertiary/aromatic N) is 3. The zero-order valence-electron chi connectivity index (χ0n) is 13.3. The maximum absolute atomic E-state index is 12.5. The Hall–Kier alpha value is -1.40. The molecule has 6 nitrogen and oxygen atoms in total. The van der Waals surface area contributed by atoms with Crippen molar-refractivity contribution in [2.45, 2.75) is 46.3 Å². The SMILES string of the molecule is CC(C)N(C(=O)c1cc(CN2CCOCC2)on1)C(C)C. The lowest BCUT2D eigenvalue weighted by Crippen LogP contribution is -2.42. The quantitative estimate of drug-likeness (QED) is 0.828. The van der Waals surface area contributed by atoms with E-state index >= 15 is 0 Å². The first kappa shape index (κ1) is 16.0. The van der Waals surface area contributed by atoms with Crippen LogP contribution in [0.25, 0.3) is 0 Å². The molecule has 2 rings (SSSR count). The molecular formula is C15H25N3O3. The molecular weight excluding hydrogens is 270 g/mol. The Morgan fingerprint density at radius 2 is 1.90 bits per heavy atom. The van der Waals surface area contributed by atoms with Crippen molar-refractivity contribution in [2.75, 3.05) is 26.3 Å². The third kappa shape index (κ3) is 4.04. The van der Waals surface area contributed by atoms with E-state index in [0.29, 0.717) is 12.2 Å². The van der Waals surface area contributed by atoms with Gasteiger partial charge < -0.3 is 14.2 Å². The van der Waals surface area contributed by atoms with Crippen LogP contribution in [0.5, 0.6) is 0 Å². The van der Waals surface area contributed by atoms with Crippen molar-refractivity contribution < 1.29 is 14.1 Å². The molecule has 1 aliphatic heterocycles. The van der Waals surface area contributed by atoms with Gasteiger partial charge in [0.2, 0.25) is 0 Å². The molecule has 0 unspecified atom stereocenters. The van der Waals surface area contributed by atoms with E-state index in [4.69, 9.17) is 9.26 Å². The van der Waals surface area contributed by atoms with Crippen LogP contribution in [-0.2, 0) is 11.3 Å². The molecule has 1 aliphatic rings. The summed E-state index contributed by atoms with van der Waals surface area (Å²) < 4.78 is 10.6. The van der Waals surface area contributed by atoms with Gasteiger partial charge in [-0.15, -0.1) is 0 Å². The van der Waals surface area contributed by atoms with Crippen LogP contribution in [0, 0.1) is 0 Å². The first-order valence-electron chi connectivity index (χ1n) is 7.57. The lowest BCUT2D eigenvalue weighted by atomic mass is 10.2. The molecule has 0 radical (unpaired) electrons. The van der Waals surface area contributed by atoms with Crippen molar-refractivity contribution in [2.24, 2.45) is 0 Å². The number of ether oxygens (including phenoxy) is 1. The van der Waals surface area contributed by atoms with E-state index in [1.54, 1.807) is 6.07 Å². The van der Waals surface area contributed by atoms with E-state index in [1.165, 1.54) is 0 Å². The number of rotatable bonds is 5. The molecule has 1 aromatic rings. The van der Waals surface area contributed by atoms with Crippen LogP contribution in [0.2, 0.25) is 0 Å². The van der Waals surface area contributed by atoms with Crippen molar-refractivity contribution in [3.63, 3.8) is 0 Å². The van der Waals surface area contributed by atoms with Gasteiger partial charge in [0.25, 0.3) is 5.91 Å². The van der Waals surface area contributed by atoms with Crippen LogP contribution < -0.4 is 0 Å². The maximum atomic E-state index is 12.5. The van der Waals surface area contributed by atoms with E-state index in [9.17, 15) is 4.79 Å². The van der Waals surface area contributed by atoms with Gasteiger partial charge in [0.1, 0.15) is 0 Å². The summed E-state index contributed by atoms with van der Waals surface area (Å²) in [6.45, 7) is 12.0. The van der Waals surface area contributed by atoms with Crippen molar-refractivity contribution in [1.82, 2.24) is 15.0 Å². The Morgan fingerprint density at radius 3 is 2.48 bits per heavy atom. The minimum atomic E-state index is -0.0722. The monoisotopic (exact) mass is 295 g/mol. The smallest absolute Gasteiger partial charge is 0.276 e. The number of aromatic nitrogens is 1. The van der Waals surface area contributed by atoms with Crippen LogP contribution in [-0.4, -0.2) is 59.3 Å². The Bertz CT molecular complexity index is 456. The summed E-state index contributed by atoms with van der Waals surface area (Å²) in [4.78, 5) is 16.6. The van der Waals surface area contributed by atoms with Gasteiger partial charge in [0, 0.05) is 31.2 Å². The summed E-state index contributed by atoms with van der Waals surface area (Å²) in [5.41, 5.74) is 0.389. The highest BCUT2D eigenvalue weighted by Gasteiger charge is 2.25. The van der Waals surface area contributed by atoms with Crippen LogP contribution in [0.1, 0.15) is 43.9 Å². The van der Waals surface area contributed by atoms with E-state index in [0.717, 1.165) is 32.1 Å². The van der Waals surface area contributed by atoms with Crippen molar-refractivity contribution >= 4 is 5.91 Å². The second-order valence-corrected chi connectivity index (χ2v) is 5.97. The van der Waals surface area contributed by atoms with Crippen LogP contribution in [0.4, 0.5) is 0 Å². The minimum absolute atomic E-state index is 0.0722. The standard InChI is InChI=1S/C15H25N3O3/c1-11(2)18(12(3)4)15(19)14-9-13(21-16-14)10-17-5-7-20-8-6-17/h9,11-12H,5-8,10H2,1-4H3. The number of amides is 1. The normalized spacial score (nSPS) is 16.7. The molecule has 0 saturated carbocycles.